The average molecular weight is 230 g/mol. The fourth-order valence-electron chi connectivity index (χ4n) is 1.50. The normalized spacial score (nSPS) is 13.5. The van der Waals surface area contributed by atoms with Gasteiger partial charge in [0.05, 0.1) is 5.54 Å². The molecule has 0 spiro atoms. The van der Waals surface area contributed by atoms with Gasteiger partial charge in [0.2, 0.25) is 0 Å². The second kappa shape index (κ2) is 7.89. The molecular weight excluding hydrogens is 208 g/mol. The van der Waals surface area contributed by atoms with Gasteiger partial charge in [-0.05, 0) is 27.2 Å². The molecule has 0 amide bonds. The summed E-state index contributed by atoms with van der Waals surface area (Å²) in [4.78, 5) is 0. The van der Waals surface area contributed by atoms with Crippen molar-refractivity contribution in [1.29, 1.82) is 0 Å². The lowest BCUT2D eigenvalue weighted by atomic mass is 10.3. The van der Waals surface area contributed by atoms with E-state index in [9.17, 15) is 0 Å². The van der Waals surface area contributed by atoms with Crippen LogP contribution in [0.2, 0.25) is 5.54 Å². The molecule has 0 rings (SSSR count). The summed E-state index contributed by atoms with van der Waals surface area (Å²) in [6, 6.07) is 0. The lowest BCUT2D eigenvalue weighted by molar-refractivity contribution is 0.0657. The van der Waals surface area contributed by atoms with E-state index in [2.05, 4.69) is 5.92 Å². The molecule has 3 nitrogen and oxygen atoms in total. The second-order valence-electron chi connectivity index (χ2n) is 3.03. The van der Waals surface area contributed by atoms with Gasteiger partial charge < -0.3 is 13.3 Å². The Bertz CT molecular complexity index is 183. The Labute approximate surface area is 94.5 Å². The molecular formula is C11H22O3Si. The molecule has 1 atom stereocenters. The van der Waals surface area contributed by atoms with E-state index >= 15 is 0 Å². The molecule has 88 valence electrons. The zero-order valence-corrected chi connectivity index (χ0v) is 11.2. The first-order chi connectivity index (χ1) is 7.20. The van der Waals surface area contributed by atoms with Crippen molar-refractivity contribution in [2.75, 3.05) is 19.8 Å². The zero-order valence-electron chi connectivity index (χ0n) is 10.2. The van der Waals surface area contributed by atoms with Crippen LogP contribution in [-0.4, -0.2) is 28.6 Å². The van der Waals surface area contributed by atoms with Crippen LogP contribution in [0.1, 0.15) is 34.1 Å². The third kappa shape index (κ3) is 3.96. The van der Waals surface area contributed by atoms with Gasteiger partial charge in [-0.15, -0.1) is 6.42 Å². The highest BCUT2D eigenvalue weighted by Gasteiger charge is 2.47. The Morgan fingerprint density at radius 3 is 1.60 bits per heavy atom. The van der Waals surface area contributed by atoms with Gasteiger partial charge in [0.25, 0.3) is 0 Å². The van der Waals surface area contributed by atoms with E-state index in [1.807, 2.05) is 27.7 Å². The van der Waals surface area contributed by atoms with E-state index in [1.165, 1.54) is 0 Å². The Hall–Kier alpha value is -0.343. The molecule has 0 radical (unpaired) electrons. The fraction of sp³-hybridized carbons (Fsp3) is 0.818. The summed E-state index contributed by atoms with van der Waals surface area (Å²) in [5.74, 6) is 2.73. The fourth-order valence-corrected chi connectivity index (χ4v) is 4.27. The first-order valence-electron chi connectivity index (χ1n) is 5.58. The maximum atomic E-state index is 5.71. The van der Waals surface area contributed by atoms with Gasteiger partial charge >= 0.3 is 8.80 Å². The second-order valence-corrected chi connectivity index (χ2v) is 5.80. The third-order valence-electron chi connectivity index (χ3n) is 2.07. The van der Waals surface area contributed by atoms with Gasteiger partial charge in [-0.25, -0.2) is 0 Å². The molecule has 0 saturated carbocycles. The molecule has 0 aliphatic rings. The molecule has 0 aromatic rings. The maximum Gasteiger partial charge on any atom is 0.516 e. The van der Waals surface area contributed by atoms with Crippen molar-refractivity contribution in [3.63, 3.8) is 0 Å². The number of terminal acetylenes is 1. The van der Waals surface area contributed by atoms with E-state index in [0.29, 0.717) is 19.8 Å². The van der Waals surface area contributed by atoms with Crippen molar-refractivity contribution in [3.05, 3.63) is 0 Å². The molecule has 0 aromatic carbocycles. The topological polar surface area (TPSA) is 27.7 Å². The molecule has 0 aliphatic carbocycles. The van der Waals surface area contributed by atoms with Gasteiger partial charge in [-0.2, -0.15) is 0 Å². The Morgan fingerprint density at radius 1 is 1.00 bits per heavy atom. The van der Waals surface area contributed by atoms with E-state index in [1.54, 1.807) is 0 Å². The molecule has 0 bridgehead atoms. The largest absolute Gasteiger partial charge is 0.516 e. The highest BCUT2D eigenvalue weighted by molar-refractivity contribution is 6.63. The molecule has 0 saturated heterocycles. The number of rotatable bonds is 8. The third-order valence-corrected chi connectivity index (χ3v) is 5.57. The summed E-state index contributed by atoms with van der Waals surface area (Å²) < 4.78 is 17.1. The molecule has 0 heterocycles. The minimum atomic E-state index is -2.66. The minimum absolute atomic E-state index is 0.0441. The molecule has 0 fully saturated rings. The van der Waals surface area contributed by atoms with Crippen LogP contribution >= 0.6 is 0 Å². The van der Waals surface area contributed by atoms with Crippen molar-refractivity contribution in [3.8, 4) is 12.3 Å². The van der Waals surface area contributed by atoms with Crippen molar-refractivity contribution in [2.45, 2.75) is 39.7 Å². The molecule has 0 aromatic heterocycles. The number of hydrogen-bond acceptors (Lipinski definition) is 3. The van der Waals surface area contributed by atoms with Crippen LogP contribution in [-0.2, 0) is 13.3 Å². The SMILES string of the molecule is C#CC(CC)[Si](OCC)(OCC)OCC. The van der Waals surface area contributed by atoms with Crippen LogP contribution in [0.4, 0.5) is 0 Å². The van der Waals surface area contributed by atoms with Crippen LogP contribution in [0, 0.1) is 12.3 Å². The van der Waals surface area contributed by atoms with Gasteiger partial charge in [0, 0.05) is 19.8 Å². The first kappa shape index (κ1) is 14.7. The zero-order chi connectivity index (χ0) is 11.7. The van der Waals surface area contributed by atoms with Gasteiger partial charge in [-0.1, -0.05) is 12.8 Å². The lowest BCUT2D eigenvalue weighted by Gasteiger charge is -2.32. The summed E-state index contributed by atoms with van der Waals surface area (Å²) in [7, 11) is -2.66. The lowest BCUT2D eigenvalue weighted by Crippen LogP contribution is -2.50. The molecule has 1 unspecified atom stereocenters. The molecule has 15 heavy (non-hydrogen) atoms. The summed E-state index contributed by atoms with van der Waals surface area (Å²) in [6.45, 7) is 9.55. The summed E-state index contributed by atoms with van der Waals surface area (Å²) >= 11 is 0. The van der Waals surface area contributed by atoms with Gasteiger partial charge in [0.1, 0.15) is 0 Å². The van der Waals surface area contributed by atoms with E-state index in [-0.39, 0.29) is 5.54 Å². The minimum Gasteiger partial charge on any atom is -0.373 e. The standard InChI is InChI=1S/C11H22O3Si/c1-6-11(7-2)15(12-8-3,13-9-4)14-10-5/h1,11H,7-10H2,2-5H3. The van der Waals surface area contributed by atoms with Crippen LogP contribution in [0.3, 0.4) is 0 Å². The maximum absolute atomic E-state index is 5.71. The smallest absolute Gasteiger partial charge is 0.373 e. The van der Waals surface area contributed by atoms with Crippen LogP contribution in [0.5, 0.6) is 0 Å². The van der Waals surface area contributed by atoms with Gasteiger partial charge in [-0.3, -0.25) is 0 Å². The van der Waals surface area contributed by atoms with Gasteiger partial charge in [0.15, 0.2) is 0 Å². The summed E-state index contributed by atoms with van der Waals surface area (Å²) in [5, 5.41) is 0. The molecule has 0 N–H and O–H groups in total. The summed E-state index contributed by atoms with van der Waals surface area (Å²) in [5.41, 5.74) is -0.0441. The van der Waals surface area contributed by atoms with E-state index in [0.717, 1.165) is 6.42 Å². The Kier molecular flexibility index (Phi) is 7.70. The van der Waals surface area contributed by atoms with Crippen molar-refractivity contribution in [1.82, 2.24) is 0 Å². The van der Waals surface area contributed by atoms with Crippen LogP contribution < -0.4 is 0 Å². The highest BCUT2D eigenvalue weighted by Crippen LogP contribution is 2.28. The Morgan fingerprint density at radius 2 is 1.40 bits per heavy atom. The van der Waals surface area contributed by atoms with Crippen LogP contribution in [0.25, 0.3) is 0 Å². The monoisotopic (exact) mass is 230 g/mol. The first-order valence-corrected chi connectivity index (χ1v) is 7.38. The van der Waals surface area contributed by atoms with Crippen molar-refractivity contribution < 1.29 is 13.3 Å². The molecule has 0 aliphatic heterocycles. The quantitative estimate of drug-likeness (QED) is 0.473. The number of hydrogen-bond donors (Lipinski definition) is 0. The average Bonchev–Trinajstić information content (AvgIpc) is 2.20. The van der Waals surface area contributed by atoms with Crippen molar-refractivity contribution in [2.24, 2.45) is 0 Å². The van der Waals surface area contributed by atoms with E-state index < -0.39 is 8.80 Å². The highest BCUT2D eigenvalue weighted by atomic mass is 28.4. The summed E-state index contributed by atoms with van der Waals surface area (Å²) in [6.07, 6.45) is 6.33. The molecule has 4 heteroatoms. The van der Waals surface area contributed by atoms with Crippen molar-refractivity contribution >= 4 is 8.80 Å². The van der Waals surface area contributed by atoms with Crippen LogP contribution in [0.15, 0.2) is 0 Å². The predicted molar refractivity (Wildman–Crippen MR) is 63.5 cm³/mol. The predicted octanol–water partition coefficient (Wildman–Crippen LogP) is 2.45. The van der Waals surface area contributed by atoms with E-state index in [4.69, 9.17) is 19.7 Å². The Balaban J connectivity index is 4.81.